The lowest BCUT2D eigenvalue weighted by atomic mass is 9.94. The number of rotatable bonds is 3. The van der Waals surface area contributed by atoms with Crippen LogP contribution >= 0.6 is 0 Å². The molecule has 1 aromatic heterocycles. The Balaban J connectivity index is 1.97. The Hall–Kier alpha value is -3.08. The molecule has 2 aromatic carbocycles. The van der Waals surface area contributed by atoms with Crippen molar-refractivity contribution in [1.29, 1.82) is 0 Å². The van der Waals surface area contributed by atoms with Crippen LogP contribution in [0.15, 0.2) is 59.8 Å². The zero-order valence-corrected chi connectivity index (χ0v) is 15.1. The molecule has 3 aromatic rings. The first kappa shape index (κ1) is 16.4. The lowest BCUT2D eigenvalue weighted by molar-refractivity contribution is -0.136. The van der Waals surface area contributed by atoms with Gasteiger partial charge in [0.2, 0.25) is 5.95 Å². The zero-order valence-electron chi connectivity index (χ0n) is 15.1. The first-order chi connectivity index (χ1) is 12.6. The van der Waals surface area contributed by atoms with Crippen molar-refractivity contribution in [3.63, 3.8) is 0 Å². The first-order valence-corrected chi connectivity index (χ1v) is 8.76. The number of carbonyl (C=O) groups excluding carboxylic acids is 1. The highest BCUT2D eigenvalue weighted by Crippen LogP contribution is 2.39. The fraction of sp³-hybridized carbons (Fsp3) is 0.238. The van der Waals surface area contributed by atoms with E-state index < -0.39 is 0 Å². The maximum absolute atomic E-state index is 12.6. The van der Waals surface area contributed by atoms with E-state index in [0.717, 1.165) is 34.7 Å². The number of nitrogens with one attached hydrogen (secondary N) is 1. The molecule has 1 atom stereocenters. The minimum atomic E-state index is -0.331. The summed E-state index contributed by atoms with van der Waals surface area (Å²) in [6.45, 7) is 4.02. The van der Waals surface area contributed by atoms with E-state index in [0.29, 0.717) is 5.57 Å². The molecule has 0 spiro atoms. The molecule has 0 unspecified atom stereocenters. The molecule has 132 valence electrons. The van der Waals surface area contributed by atoms with E-state index in [1.165, 1.54) is 12.7 Å². The number of aryl methyl sites for hydroxylation is 1. The Morgan fingerprint density at radius 3 is 2.62 bits per heavy atom. The molecule has 0 amide bonds. The van der Waals surface area contributed by atoms with Gasteiger partial charge in [0.05, 0.1) is 29.8 Å². The number of fused-ring (bicyclic) bond motifs is 3. The highest BCUT2D eigenvalue weighted by Gasteiger charge is 2.34. The number of esters is 1. The highest BCUT2D eigenvalue weighted by atomic mass is 16.5. The van der Waals surface area contributed by atoms with Crippen molar-refractivity contribution in [3.8, 4) is 0 Å². The van der Waals surface area contributed by atoms with Crippen LogP contribution in [-0.4, -0.2) is 22.6 Å². The van der Waals surface area contributed by atoms with Crippen molar-refractivity contribution in [2.75, 3.05) is 12.4 Å². The van der Waals surface area contributed by atoms with E-state index in [2.05, 4.69) is 41.1 Å². The summed E-state index contributed by atoms with van der Waals surface area (Å²) in [5.41, 5.74) is 5.54. The molecule has 0 fully saturated rings. The largest absolute Gasteiger partial charge is 0.466 e. The Morgan fingerprint density at radius 1 is 1.19 bits per heavy atom. The quantitative estimate of drug-likeness (QED) is 0.726. The van der Waals surface area contributed by atoms with Crippen LogP contribution in [0.4, 0.5) is 5.95 Å². The Kier molecular flexibility index (Phi) is 3.99. The summed E-state index contributed by atoms with van der Waals surface area (Å²) in [6, 6.07) is 16.1. The van der Waals surface area contributed by atoms with Crippen molar-refractivity contribution in [2.45, 2.75) is 26.3 Å². The Labute approximate surface area is 152 Å². The average molecular weight is 347 g/mol. The molecule has 5 heteroatoms. The summed E-state index contributed by atoms with van der Waals surface area (Å²) < 4.78 is 7.17. The van der Waals surface area contributed by atoms with Crippen LogP contribution in [0.25, 0.3) is 11.0 Å². The normalized spacial score (nSPS) is 16.3. The van der Waals surface area contributed by atoms with Crippen LogP contribution in [0.5, 0.6) is 0 Å². The summed E-state index contributed by atoms with van der Waals surface area (Å²) >= 11 is 0. The molecule has 26 heavy (non-hydrogen) atoms. The lowest BCUT2D eigenvalue weighted by Crippen LogP contribution is -2.28. The van der Waals surface area contributed by atoms with E-state index in [9.17, 15) is 4.79 Å². The maximum Gasteiger partial charge on any atom is 0.337 e. The molecule has 4 rings (SSSR count). The van der Waals surface area contributed by atoms with E-state index in [4.69, 9.17) is 9.72 Å². The molecule has 1 N–H and O–H groups in total. The van der Waals surface area contributed by atoms with E-state index >= 15 is 0 Å². The molecule has 2 heterocycles. The SMILES string of the molecule is CCc1ccc([C@@H]2C(C(=O)OC)=C(C)Nc3nc4ccccc4n32)cc1. The van der Waals surface area contributed by atoms with Gasteiger partial charge < -0.3 is 10.1 Å². The van der Waals surface area contributed by atoms with Crippen LogP contribution in [-0.2, 0) is 16.0 Å². The third kappa shape index (κ3) is 2.47. The number of para-hydroxylation sites is 2. The second kappa shape index (κ2) is 6.33. The maximum atomic E-state index is 12.6. The number of hydrogen-bond acceptors (Lipinski definition) is 4. The van der Waals surface area contributed by atoms with E-state index in [-0.39, 0.29) is 12.0 Å². The molecule has 0 aliphatic carbocycles. The smallest absolute Gasteiger partial charge is 0.337 e. The molecule has 0 saturated carbocycles. The fourth-order valence-electron chi connectivity index (χ4n) is 3.59. The van der Waals surface area contributed by atoms with Gasteiger partial charge in [0.15, 0.2) is 0 Å². The van der Waals surface area contributed by atoms with Gasteiger partial charge in [-0.25, -0.2) is 9.78 Å². The Bertz CT molecular complexity index is 1020. The number of hydrogen-bond donors (Lipinski definition) is 1. The number of anilines is 1. The van der Waals surface area contributed by atoms with Crippen molar-refractivity contribution in [3.05, 3.63) is 70.9 Å². The van der Waals surface area contributed by atoms with Gasteiger partial charge in [-0.1, -0.05) is 43.3 Å². The van der Waals surface area contributed by atoms with Crippen molar-refractivity contribution in [2.24, 2.45) is 0 Å². The monoisotopic (exact) mass is 347 g/mol. The van der Waals surface area contributed by atoms with Gasteiger partial charge in [-0.3, -0.25) is 4.57 Å². The minimum absolute atomic E-state index is 0.281. The van der Waals surface area contributed by atoms with Gasteiger partial charge in [-0.2, -0.15) is 0 Å². The third-order valence-electron chi connectivity index (χ3n) is 4.94. The zero-order chi connectivity index (χ0) is 18.3. The molecular formula is C21H21N3O2. The summed E-state index contributed by atoms with van der Waals surface area (Å²) in [5, 5.41) is 3.27. The van der Waals surface area contributed by atoms with Crippen LogP contribution in [0.2, 0.25) is 0 Å². The molecule has 0 saturated heterocycles. The lowest BCUT2D eigenvalue weighted by Gasteiger charge is -2.30. The van der Waals surface area contributed by atoms with Gasteiger partial charge in [-0.15, -0.1) is 0 Å². The number of benzene rings is 2. The number of aromatic nitrogens is 2. The summed E-state index contributed by atoms with van der Waals surface area (Å²) in [4.78, 5) is 17.3. The van der Waals surface area contributed by atoms with E-state index in [1.54, 1.807) is 0 Å². The Morgan fingerprint density at radius 2 is 1.92 bits per heavy atom. The van der Waals surface area contributed by atoms with Crippen molar-refractivity contribution < 1.29 is 9.53 Å². The molecular weight excluding hydrogens is 326 g/mol. The van der Waals surface area contributed by atoms with Crippen molar-refractivity contribution in [1.82, 2.24) is 9.55 Å². The average Bonchev–Trinajstić information content (AvgIpc) is 3.04. The number of nitrogens with zero attached hydrogens (tertiary/aromatic N) is 2. The molecule has 0 radical (unpaired) electrons. The molecule has 5 nitrogen and oxygen atoms in total. The number of carbonyl (C=O) groups is 1. The number of methoxy groups -OCH3 is 1. The topological polar surface area (TPSA) is 56.1 Å². The van der Waals surface area contributed by atoms with Gasteiger partial charge in [0.1, 0.15) is 0 Å². The number of allylic oxidation sites excluding steroid dienone is 1. The number of ether oxygens (including phenoxy) is 1. The number of imidazole rings is 1. The van der Waals surface area contributed by atoms with Gasteiger partial charge in [-0.05, 0) is 36.6 Å². The van der Waals surface area contributed by atoms with Gasteiger partial charge in [0.25, 0.3) is 0 Å². The minimum Gasteiger partial charge on any atom is -0.466 e. The summed E-state index contributed by atoms with van der Waals surface area (Å²) in [5.74, 6) is 0.406. The third-order valence-corrected chi connectivity index (χ3v) is 4.94. The molecule has 0 bridgehead atoms. The summed E-state index contributed by atoms with van der Waals surface area (Å²) in [7, 11) is 1.42. The second-order valence-corrected chi connectivity index (χ2v) is 6.45. The van der Waals surface area contributed by atoms with Gasteiger partial charge in [0, 0.05) is 5.70 Å². The van der Waals surface area contributed by atoms with Crippen LogP contribution < -0.4 is 5.32 Å². The van der Waals surface area contributed by atoms with Crippen LogP contribution in [0.1, 0.15) is 31.0 Å². The van der Waals surface area contributed by atoms with Gasteiger partial charge >= 0.3 is 5.97 Å². The fourth-order valence-corrected chi connectivity index (χ4v) is 3.59. The van der Waals surface area contributed by atoms with Crippen LogP contribution in [0.3, 0.4) is 0 Å². The second-order valence-electron chi connectivity index (χ2n) is 6.45. The van der Waals surface area contributed by atoms with Crippen molar-refractivity contribution >= 4 is 23.0 Å². The predicted molar refractivity (Wildman–Crippen MR) is 102 cm³/mol. The molecule has 1 aliphatic heterocycles. The predicted octanol–water partition coefficient (Wildman–Crippen LogP) is 4.06. The first-order valence-electron chi connectivity index (χ1n) is 8.76. The molecule has 1 aliphatic rings. The standard InChI is InChI=1S/C21H21N3O2/c1-4-14-9-11-15(12-10-14)19-18(20(25)26-3)13(2)22-21-23-16-7-5-6-8-17(16)24(19)21/h5-12,19H,4H2,1-3H3,(H,22,23)/t19-/m1/s1. The summed E-state index contributed by atoms with van der Waals surface area (Å²) in [6.07, 6.45) is 0.977. The van der Waals surface area contributed by atoms with E-state index in [1.807, 2.05) is 31.2 Å². The van der Waals surface area contributed by atoms with Crippen LogP contribution in [0, 0.1) is 0 Å². The highest BCUT2D eigenvalue weighted by molar-refractivity contribution is 5.94.